The zero-order valence-electron chi connectivity index (χ0n) is 16.9. The molecule has 0 radical (unpaired) electrons. The number of ketones is 1. The van der Waals surface area contributed by atoms with E-state index < -0.39 is 10.0 Å². The van der Waals surface area contributed by atoms with Gasteiger partial charge in [-0.3, -0.25) is 4.79 Å². The van der Waals surface area contributed by atoms with E-state index in [0.717, 1.165) is 28.1 Å². The molecule has 7 nitrogen and oxygen atoms in total. The maximum atomic E-state index is 11.7. The first-order valence-corrected chi connectivity index (χ1v) is 11.9. The molecule has 0 aliphatic carbocycles. The van der Waals surface area contributed by atoms with Gasteiger partial charge in [0.05, 0.1) is 10.6 Å². The maximum Gasteiger partial charge on any atom is 0.238 e. The van der Waals surface area contributed by atoms with E-state index >= 15 is 0 Å². The van der Waals surface area contributed by atoms with Gasteiger partial charge >= 0.3 is 0 Å². The second-order valence-corrected chi connectivity index (χ2v) is 9.53. The molecule has 0 aliphatic rings. The van der Waals surface area contributed by atoms with Crippen LogP contribution >= 0.6 is 11.3 Å². The van der Waals surface area contributed by atoms with Gasteiger partial charge in [-0.15, -0.1) is 11.3 Å². The fourth-order valence-electron chi connectivity index (χ4n) is 3.28. The quantitative estimate of drug-likeness (QED) is 0.448. The van der Waals surface area contributed by atoms with Crippen LogP contribution in [0.5, 0.6) is 0 Å². The van der Waals surface area contributed by atoms with Crippen molar-refractivity contribution in [2.24, 2.45) is 5.14 Å². The van der Waals surface area contributed by atoms with Crippen molar-refractivity contribution in [2.75, 3.05) is 0 Å². The molecule has 0 spiro atoms. The van der Waals surface area contributed by atoms with E-state index in [1.165, 1.54) is 30.4 Å². The van der Waals surface area contributed by atoms with Crippen LogP contribution in [-0.4, -0.2) is 29.0 Å². The third-order valence-electron chi connectivity index (χ3n) is 4.95. The Balaban J connectivity index is 1.80. The third-order valence-corrected chi connectivity index (χ3v) is 6.70. The molecule has 0 amide bonds. The molecule has 4 rings (SSSR count). The first kappa shape index (κ1) is 21.1. The number of aromatic nitrogens is 3. The Labute approximate surface area is 184 Å². The lowest BCUT2D eigenvalue weighted by Crippen LogP contribution is -2.11. The summed E-state index contributed by atoms with van der Waals surface area (Å²) in [5.41, 5.74) is 5.01. The van der Waals surface area contributed by atoms with Crippen LogP contribution < -0.4 is 5.14 Å². The van der Waals surface area contributed by atoms with Gasteiger partial charge in [-0.05, 0) is 24.6 Å². The van der Waals surface area contributed by atoms with Gasteiger partial charge in [0.1, 0.15) is 5.69 Å². The third kappa shape index (κ3) is 4.34. The Morgan fingerprint density at radius 1 is 1.10 bits per heavy atom. The molecule has 0 saturated carbocycles. The fourth-order valence-corrected chi connectivity index (χ4v) is 4.66. The molecule has 2 heterocycles. The zero-order valence-corrected chi connectivity index (χ0v) is 18.6. The van der Waals surface area contributed by atoms with Crippen molar-refractivity contribution < 1.29 is 13.2 Å². The van der Waals surface area contributed by atoms with Gasteiger partial charge in [0.25, 0.3) is 0 Å². The predicted molar refractivity (Wildman–Crippen MR) is 120 cm³/mol. The number of rotatable bonds is 6. The summed E-state index contributed by atoms with van der Waals surface area (Å²) >= 11 is 1.36. The molecule has 0 bridgehead atoms. The standard InChI is InChI=1S/C22H20N4O3S2/c1-14-19(12-16-8-10-18(11-9-16)31(23,28)29)21(17-6-4-3-5-7-17)25-26(14)22-24-20(13-30-22)15(2)27/h3-11,13H,12H2,1-2H3,(H2,23,28,29). The summed E-state index contributed by atoms with van der Waals surface area (Å²) < 4.78 is 24.8. The number of carbonyl (C=O) groups is 1. The van der Waals surface area contributed by atoms with Crippen molar-refractivity contribution in [3.8, 4) is 16.4 Å². The summed E-state index contributed by atoms with van der Waals surface area (Å²) in [7, 11) is -3.74. The second kappa shape index (κ2) is 8.18. The fraction of sp³-hybridized carbons (Fsp3) is 0.136. The molecular weight excluding hydrogens is 432 g/mol. The van der Waals surface area contributed by atoms with E-state index in [0.29, 0.717) is 17.2 Å². The lowest BCUT2D eigenvalue weighted by molar-refractivity contribution is 0.101. The Morgan fingerprint density at radius 3 is 2.35 bits per heavy atom. The summed E-state index contributed by atoms with van der Waals surface area (Å²) in [6.45, 7) is 3.45. The second-order valence-electron chi connectivity index (χ2n) is 7.13. The molecule has 2 aromatic heterocycles. The number of hydrogen-bond donors (Lipinski definition) is 1. The van der Waals surface area contributed by atoms with E-state index in [1.807, 2.05) is 37.3 Å². The number of thiazole rings is 1. The maximum absolute atomic E-state index is 11.7. The van der Waals surface area contributed by atoms with Crippen LogP contribution in [0.4, 0.5) is 0 Å². The van der Waals surface area contributed by atoms with Gasteiger partial charge in [0, 0.05) is 35.5 Å². The van der Waals surface area contributed by atoms with Gasteiger partial charge < -0.3 is 0 Å². The molecule has 31 heavy (non-hydrogen) atoms. The van der Waals surface area contributed by atoms with Crippen LogP contribution in [0, 0.1) is 6.92 Å². The summed E-state index contributed by atoms with van der Waals surface area (Å²) in [5.74, 6) is -0.0919. The summed E-state index contributed by atoms with van der Waals surface area (Å²) in [4.78, 5) is 16.2. The average Bonchev–Trinajstić information content (AvgIpc) is 3.34. The van der Waals surface area contributed by atoms with Crippen LogP contribution in [0.1, 0.15) is 34.2 Å². The highest BCUT2D eigenvalue weighted by Crippen LogP contribution is 2.30. The Hall–Kier alpha value is -3.14. The molecule has 0 atom stereocenters. The predicted octanol–water partition coefficient (Wildman–Crippen LogP) is 3.75. The van der Waals surface area contributed by atoms with Crippen molar-refractivity contribution in [3.63, 3.8) is 0 Å². The van der Waals surface area contributed by atoms with Crippen LogP contribution in [0.15, 0.2) is 64.9 Å². The van der Waals surface area contributed by atoms with Crippen molar-refractivity contribution >= 4 is 27.1 Å². The first-order chi connectivity index (χ1) is 14.7. The first-order valence-electron chi connectivity index (χ1n) is 9.46. The molecule has 4 aromatic rings. The average molecular weight is 453 g/mol. The number of primary sulfonamides is 1. The highest BCUT2D eigenvalue weighted by molar-refractivity contribution is 7.89. The van der Waals surface area contributed by atoms with E-state index in [1.54, 1.807) is 22.2 Å². The minimum Gasteiger partial charge on any atom is -0.293 e. The molecule has 2 N–H and O–H groups in total. The van der Waals surface area contributed by atoms with Gasteiger partial charge in [0.2, 0.25) is 15.2 Å². The van der Waals surface area contributed by atoms with Crippen LogP contribution in [0.25, 0.3) is 16.4 Å². The van der Waals surface area contributed by atoms with E-state index in [-0.39, 0.29) is 10.7 Å². The molecule has 0 unspecified atom stereocenters. The minimum absolute atomic E-state index is 0.0755. The Morgan fingerprint density at radius 2 is 1.77 bits per heavy atom. The minimum atomic E-state index is -3.74. The molecule has 2 aromatic carbocycles. The number of benzene rings is 2. The molecular formula is C22H20N4O3S2. The lowest BCUT2D eigenvalue weighted by Gasteiger charge is -2.06. The van der Waals surface area contributed by atoms with Crippen LogP contribution in [-0.2, 0) is 16.4 Å². The smallest absolute Gasteiger partial charge is 0.238 e. The van der Waals surface area contributed by atoms with Crippen molar-refractivity contribution in [2.45, 2.75) is 25.2 Å². The Bertz CT molecular complexity index is 1360. The largest absolute Gasteiger partial charge is 0.293 e. The summed E-state index contributed by atoms with van der Waals surface area (Å²) in [6.07, 6.45) is 0.548. The van der Waals surface area contributed by atoms with E-state index in [9.17, 15) is 13.2 Å². The lowest BCUT2D eigenvalue weighted by atomic mass is 9.99. The van der Waals surface area contributed by atoms with E-state index in [4.69, 9.17) is 10.2 Å². The monoisotopic (exact) mass is 452 g/mol. The van der Waals surface area contributed by atoms with E-state index in [2.05, 4.69) is 4.98 Å². The zero-order chi connectivity index (χ0) is 22.2. The highest BCUT2D eigenvalue weighted by atomic mass is 32.2. The number of carbonyl (C=O) groups excluding carboxylic acids is 1. The topological polar surface area (TPSA) is 108 Å². The normalized spacial score (nSPS) is 11.6. The number of nitrogens with zero attached hydrogens (tertiary/aromatic N) is 3. The van der Waals surface area contributed by atoms with Gasteiger partial charge in [-0.1, -0.05) is 42.5 Å². The van der Waals surface area contributed by atoms with Crippen LogP contribution in [0.3, 0.4) is 0 Å². The van der Waals surface area contributed by atoms with Crippen molar-refractivity contribution in [1.82, 2.24) is 14.8 Å². The van der Waals surface area contributed by atoms with Gasteiger partial charge in [-0.25, -0.2) is 23.2 Å². The molecule has 0 saturated heterocycles. The molecule has 9 heteroatoms. The SMILES string of the molecule is CC(=O)c1csc(-n2nc(-c3ccccc3)c(Cc3ccc(S(N)(=O)=O)cc3)c2C)n1. The van der Waals surface area contributed by atoms with Crippen LogP contribution in [0.2, 0.25) is 0 Å². The number of Topliss-reactive ketones (excluding diaryl/α,β-unsaturated/α-hetero) is 1. The molecule has 158 valence electrons. The number of sulfonamides is 1. The highest BCUT2D eigenvalue weighted by Gasteiger charge is 2.20. The number of nitrogens with two attached hydrogens (primary N) is 1. The van der Waals surface area contributed by atoms with Crippen molar-refractivity contribution in [3.05, 3.63) is 82.5 Å². The van der Waals surface area contributed by atoms with Crippen molar-refractivity contribution in [1.29, 1.82) is 0 Å². The molecule has 0 aliphatic heterocycles. The van der Waals surface area contributed by atoms with Gasteiger partial charge in [0.15, 0.2) is 5.78 Å². The number of hydrogen-bond acceptors (Lipinski definition) is 6. The molecule has 0 fully saturated rings. The summed E-state index contributed by atoms with van der Waals surface area (Å²) in [5, 5.41) is 12.4. The Kier molecular flexibility index (Phi) is 5.57. The summed E-state index contributed by atoms with van der Waals surface area (Å²) in [6, 6.07) is 16.3. The van der Waals surface area contributed by atoms with Gasteiger partial charge in [-0.2, -0.15) is 5.10 Å².